The number of aryl methyl sites for hydroxylation is 1. The predicted molar refractivity (Wildman–Crippen MR) is 96.7 cm³/mol. The topological polar surface area (TPSA) is 52.2 Å². The van der Waals surface area contributed by atoms with E-state index >= 15 is 0 Å². The third-order valence-electron chi connectivity index (χ3n) is 3.86. The van der Waals surface area contributed by atoms with Crippen molar-refractivity contribution in [3.05, 3.63) is 69.7 Å². The summed E-state index contributed by atoms with van der Waals surface area (Å²) in [6, 6.07) is 15.2. The summed E-state index contributed by atoms with van der Waals surface area (Å²) in [6.45, 7) is 0. The average Bonchev–Trinajstić information content (AvgIpc) is 3.02. The minimum Gasteiger partial charge on any atom is -0.279 e. The molecule has 5 nitrogen and oxygen atoms in total. The Morgan fingerprint density at radius 1 is 1.12 bits per heavy atom. The molecule has 2 aromatic heterocycles. The van der Waals surface area contributed by atoms with Crippen molar-refractivity contribution < 1.29 is 0 Å². The smallest absolute Gasteiger partial charge is 0.262 e. The van der Waals surface area contributed by atoms with Gasteiger partial charge in [0.25, 0.3) is 5.56 Å². The molecule has 0 saturated carbocycles. The quantitative estimate of drug-likeness (QED) is 0.527. The van der Waals surface area contributed by atoms with Gasteiger partial charge in [0.05, 0.1) is 16.7 Å². The van der Waals surface area contributed by atoms with E-state index in [2.05, 4.69) is 10.2 Å². The maximum atomic E-state index is 12.4. The number of nitrogens with zero attached hydrogens (tertiary/aromatic N) is 4. The maximum Gasteiger partial charge on any atom is 0.262 e. The summed E-state index contributed by atoms with van der Waals surface area (Å²) in [7, 11) is 1.71. The van der Waals surface area contributed by atoms with E-state index in [4.69, 9.17) is 11.6 Å². The van der Waals surface area contributed by atoms with E-state index in [1.807, 2.05) is 52.9 Å². The van der Waals surface area contributed by atoms with Crippen molar-refractivity contribution in [1.29, 1.82) is 0 Å². The van der Waals surface area contributed by atoms with E-state index in [0.29, 0.717) is 21.9 Å². The lowest BCUT2D eigenvalue weighted by Gasteiger charge is -2.07. The average molecular weight is 357 g/mol. The van der Waals surface area contributed by atoms with E-state index in [9.17, 15) is 4.79 Å². The predicted octanol–water partition coefficient (Wildman–Crippen LogP) is 3.53. The number of hydrogen-bond acceptors (Lipinski definition) is 4. The zero-order valence-electron chi connectivity index (χ0n) is 12.8. The highest BCUT2D eigenvalue weighted by atomic mass is 35.5. The van der Waals surface area contributed by atoms with Gasteiger partial charge in [-0.3, -0.25) is 13.8 Å². The van der Waals surface area contributed by atoms with E-state index in [-0.39, 0.29) is 5.56 Å². The normalized spacial score (nSPS) is 11.4. The fourth-order valence-electron chi connectivity index (χ4n) is 2.69. The van der Waals surface area contributed by atoms with Crippen molar-refractivity contribution in [3.63, 3.8) is 0 Å². The van der Waals surface area contributed by atoms with Crippen LogP contribution in [0.5, 0.6) is 0 Å². The summed E-state index contributed by atoms with van der Waals surface area (Å²) in [4.78, 5) is 13.5. The molecule has 0 radical (unpaired) electrons. The molecule has 0 fully saturated rings. The third kappa shape index (κ3) is 2.48. The molecule has 2 aromatic carbocycles. The molecule has 0 aliphatic heterocycles. The molecule has 0 saturated heterocycles. The Kier molecular flexibility index (Phi) is 3.78. The van der Waals surface area contributed by atoms with Crippen molar-refractivity contribution in [2.75, 3.05) is 0 Å². The molecule has 0 amide bonds. The van der Waals surface area contributed by atoms with Crippen LogP contribution in [-0.2, 0) is 12.8 Å². The molecular formula is C17H13ClN4OS. The number of benzene rings is 2. The van der Waals surface area contributed by atoms with Crippen molar-refractivity contribution >= 4 is 40.0 Å². The number of aromatic nitrogens is 4. The standard InChI is InChI=1S/C17H13ClN4OS/c1-21-16(23)13-7-2-3-8-14(13)22-15(19-20-17(21)22)10-24-12-6-4-5-11(18)9-12/h2-9H,10H2,1H3. The second kappa shape index (κ2) is 5.96. The fourth-order valence-corrected chi connectivity index (χ4v) is 3.81. The second-order valence-corrected chi connectivity index (χ2v) is 6.86. The van der Waals surface area contributed by atoms with Gasteiger partial charge >= 0.3 is 0 Å². The second-order valence-electron chi connectivity index (χ2n) is 5.38. The van der Waals surface area contributed by atoms with Crippen LogP contribution in [0, 0.1) is 0 Å². The first kappa shape index (κ1) is 15.2. The van der Waals surface area contributed by atoms with Gasteiger partial charge in [0.1, 0.15) is 5.82 Å². The van der Waals surface area contributed by atoms with Gasteiger partial charge < -0.3 is 0 Å². The zero-order chi connectivity index (χ0) is 16.7. The van der Waals surface area contributed by atoms with Crippen LogP contribution >= 0.6 is 23.4 Å². The van der Waals surface area contributed by atoms with E-state index in [0.717, 1.165) is 16.2 Å². The van der Waals surface area contributed by atoms with Crippen molar-refractivity contribution in [2.24, 2.45) is 7.05 Å². The van der Waals surface area contributed by atoms with Crippen LogP contribution < -0.4 is 5.56 Å². The number of halogens is 1. The summed E-state index contributed by atoms with van der Waals surface area (Å²) in [5.74, 6) is 1.96. The Bertz CT molecular complexity index is 1120. The van der Waals surface area contributed by atoms with Crippen molar-refractivity contribution in [3.8, 4) is 0 Å². The van der Waals surface area contributed by atoms with Gasteiger partial charge in [-0.25, -0.2) is 0 Å². The fraction of sp³-hybridized carbons (Fsp3) is 0.118. The summed E-state index contributed by atoms with van der Waals surface area (Å²) < 4.78 is 3.47. The Labute approximate surface area is 146 Å². The Balaban J connectivity index is 1.83. The Hall–Kier alpha value is -2.31. The summed E-state index contributed by atoms with van der Waals surface area (Å²) >= 11 is 7.66. The van der Waals surface area contributed by atoms with Gasteiger partial charge in [0, 0.05) is 17.0 Å². The highest BCUT2D eigenvalue weighted by molar-refractivity contribution is 7.98. The van der Waals surface area contributed by atoms with Crippen LogP contribution in [0.15, 0.2) is 58.2 Å². The van der Waals surface area contributed by atoms with E-state index in [1.165, 1.54) is 4.57 Å². The first-order chi connectivity index (χ1) is 11.6. The maximum absolute atomic E-state index is 12.4. The minimum absolute atomic E-state index is 0.0699. The summed E-state index contributed by atoms with van der Waals surface area (Å²) in [6.07, 6.45) is 0. The van der Waals surface area contributed by atoms with Gasteiger partial charge in [0.15, 0.2) is 0 Å². The molecule has 0 bridgehead atoms. The van der Waals surface area contributed by atoms with Gasteiger partial charge in [-0.1, -0.05) is 29.8 Å². The molecule has 2 heterocycles. The van der Waals surface area contributed by atoms with Crippen LogP contribution in [0.3, 0.4) is 0 Å². The van der Waals surface area contributed by atoms with Crippen LogP contribution in [0.4, 0.5) is 0 Å². The minimum atomic E-state index is -0.0699. The largest absolute Gasteiger partial charge is 0.279 e. The van der Waals surface area contributed by atoms with Crippen LogP contribution in [0.2, 0.25) is 5.02 Å². The molecule has 120 valence electrons. The summed E-state index contributed by atoms with van der Waals surface area (Å²) in [5, 5.41) is 9.84. The number of para-hydroxylation sites is 1. The van der Waals surface area contributed by atoms with Crippen LogP contribution in [0.1, 0.15) is 5.82 Å². The molecule has 0 aliphatic carbocycles. The first-order valence-electron chi connectivity index (χ1n) is 7.35. The number of hydrogen-bond donors (Lipinski definition) is 0. The first-order valence-corrected chi connectivity index (χ1v) is 8.71. The molecule has 4 aromatic rings. The zero-order valence-corrected chi connectivity index (χ0v) is 14.4. The third-order valence-corrected chi connectivity index (χ3v) is 5.08. The number of fused-ring (bicyclic) bond motifs is 3. The number of rotatable bonds is 3. The molecule has 7 heteroatoms. The molecule has 0 aliphatic rings. The van der Waals surface area contributed by atoms with Gasteiger partial charge in [-0.15, -0.1) is 22.0 Å². The molecular weight excluding hydrogens is 344 g/mol. The monoisotopic (exact) mass is 356 g/mol. The lowest BCUT2D eigenvalue weighted by Crippen LogP contribution is -2.20. The molecule has 0 N–H and O–H groups in total. The van der Waals surface area contributed by atoms with Crippen molar-refractivity contribution in [1.82, 2.24) is 19.2 Å². The van der Waals surface area contributed by atoms with Crippen LogP contribution in [-0.4, -0.2) is 19.2 Å². The van der Waals surface area contributed by atoms with Gasteiger partial charge in [-0.05, 0) is 30.3 Å². The highest BCUT2D eigenvalue weighted by Gasteiger charge is 2.14. The molecule has 0 unspecified atom stereocenters. The molecule has 24 heavy (non-hydrogen) atoms. The Morgan fingerprint density at radius 3 is 2.79 bits per heavy atom. The van der Waals surface area contributed by atoms with Crippen molar-refractivity contribution in [2.45, 2.75) is 10.6 Å². The number of thioether (sulfide) groups is 1. The summed E-state index contributed by atoms with van der Waals surface area (Å²) in [5.41, 5.74) is 0.752. The highest BCUT2D eigenvalue weighted by Crippen LogP contribution is 2.25. The Morgan fingerprint density at radius 2 is 1.96 bits per heavy atom. The molecule has 0 atom stereocenters. The van der Waals surface area contributed by atoms with E-state index in [1.54, 1.807) is 18.8 Å². The van der Waals surface area contributed by atoms with E-state index < -0.39 is 0 Å². The van der Waals surface area contributed by atoms with Gasteiger partial charge in [0.2, 0.25) is 5.78 Å². The van der Waals surface area contributed by atoms with Crippen LogP contribution in [0.25, 0.3) is 16.7 Å². The molecule has 0 spiro atoms. The lowest BCUT2D eigenvalue weighted by molar-refractivity contribution is 0.858. The lowest BCUT2D eigenvalue weighted by atomic mass is 10.2. The van der Waals surface area contributed by atoms with Gasteiger partial charge in [-0.2, -0.15) is 0 Å². The SMILES string of the molecule is Cn1c(=O)c2ccccc2n2c(CSc3cccc(Cl)c3)nnc12. The molecule has 4 rings (SSSR count).